The summed E-state index contributed by atoms with van der Waals surface area (Å²) in [5, 5.41) is 2.65. The van der Waals surface area contributed by atoms with Gasteiger partial charge in [0, 0.05) is 20.5 Å². The van der Waals surface area contributed by atoms with Crippen molar-refractivity contribution in [2.45, 2.75) is 23.8 Å². The van der Waals surface area contributed by atoms with Crippen molar-refractivity contribution in [1.82, 2.24) is 4.31 Å². The third kappa shape index (κ3) is 3.83. The molecule has 0 bridgehead atoms. The van der Waals surface area contributed by atoms with Crippen LogP contribution in [0.15, 0.2) is 47.4 Å². The number of ether oxygens (including phenoxy) is 2. The number of rotatable bonds is 5. The number of cyclic esters (lactones) is 1. The fourth-order valence-corrected chi connectivity index (χ4v) is 4.00. The van der Waals surface area contributed by atoms with E-state index in [1.807, 2.05) is 0 Å². The van der Waals surface area contributed by atoms with Gasteiger partial charge in [-0.25, -0.2) is 17.5 Å². The zero-order valence-corrected chi connectivity index (χ0v) is 17.4. The molecule has 0 saturated heterocycles. The number of carbonyl (C=O) groups excluding carboxylic acids is 2. The molecule has 0 aliphatic carbocycles. The molecule has 8 nitrogen and oxygen atoms in total. The van der Waals surface area contributed by atoms with E-state index < -0.39 is 27.5 Å². The first-order valence-corrected chi connectivity index (χ1v) is 10.3. The molecule has 1 unspecified atom stereocenters. The number of hydrogen-bond donors (Lipinski definition) is 1. The molecule has 0 radical (unpaired) electrons. The topological polar surface area (TPSA) is 102 Å². The Kier molecular flexibility index (Phi) is 5.38. The lowest BCUT2D eigenvalue weighted by atomic mass is 9.89. The Labute approximate surface area is 169 Å². The quantitative estimate of drug-likeness (QED) is 0.746. The highest BCUT2D eigenvalue weighted by molar-refractivity contribution is 7.89. The fraction of sp³-hybridized carbons (Fsp3) is 0.300. The summed E-state index contributed by atoms with van der Waals surface area (Å²) in [6, 6.07) is 11.1. The van der Waals surface area contributed by atoms with Crippen LogP contribution in [-0.4, -0.2) is 51.4 Å². The Morgan fingerprint density at radius 3 is 2.55 bits per heavy atom. The first-order chi connectivity index (χ1) is 13.6. The predicted octanol–water partition coefficient (Wildman–Crippen LogP) is 2.06. The zero-order valence-electron chi connectivity index (χ0n) is 16.6. The smallest absolute Gasteiger partial charge is 0.339 e. The fourth-order valence-electron chi connectivity index (χ4n) is 3.07. The van der Waals surface area contributed by atoms with Gasteiger partial charge in [-0.1, -0.05) is 18.2 Å². The van der Waals surface area contributed by atoms with Gasteiger partial charge in [0.05, 0.1) is 23.3 Å². The van der Waals surface area contributed by atoms with E-state index in [4.69, 9.17) is 9.47 Å². The van der Waals surface area contributed by atoms with Crippen molar-refractivity contribution in [2.24, 2.45) is 0 Å². The molecule has 1 amide bonds. The number of nitrogens with zero attached hydrogens (tertiary/aromatic N) is 1. The Morgan fingerprint density at radius 2 is 1.90 bits per heavy atom. The largest absolute Gasteiger partial charge is 0.495 e. The number of anilines is 1. The molecule has 1 heterocycles. The number of hydrogen-bond acceptors (Lipinski definition) is 6. The lowest BCUT2D eigenvalue weighted by Gasteiger charge is -2.33. The summed E-state index contributed by atoms with van der Waals surface area (Å²) >= 11 is 0. The van der Waals surface area contributed by atoms with Crippen LogP contribution >= 0.6 is 0 Å². The average Bonchev–Trinajstić information content (AvgIpc) is 2.67. The van der Waals surface area contributed by atoms with Crippen LogP contribution in [0, 0.1) is 0 Å². The number of carbonyl (C=O) groups is 2. The first-order valence-electron chi connectivity index (χ1n) is 8.82. The molecule has 9 heteroatoms. The summed E-state index contributed by atoms with van der Waals surface area (Å²) in [7, 11) is 0.527. The maximum Gasteiger partial charge on any atom is 0.339 e. The maximum atomic E-state index is 13.0. The lowest BCUT2D eigenvalue weighted by Crippen LogP contribution is -2.48. The highest BCUT2D eigenvalue weighted by Gasteiger charge is 2.43. The van der Waals surface area contributed by atoms with Crippen LogP contribution in [0.3, 0.4) is 0 Å². The normalized spacial score (nSPS) is 18.7. The summed E-state index contributed by atoms with van der Waals surface area (Å²) in [6.07, 6.45) is 0.193. The lowest BCUT2D eigenvalue weighted by molar-refractivity contribution is -0.134. The number of nitrogens with one attached hydrogen (secondary N) is 1. The van der Waals surface area contributed by atoms with Crippen molar-refractivity contribution >= 4 is 27.6 Å². The van der Waals surface area contributed by atoms with E-state index in [9.17, 15) is 18.0 Å². The van der Waals surface area contributed by atoms with Gasteiger partial charge in [-0.05, 0) is 36.8 Å². The highest BCUT2D eigenvalue weighted by Crippen LogP contribution is 2.32. The molecule has 0 saturated carbocycles. The van der Waals surface area contributed by atoms with Crippen LogP contribution in [0.4, 0.5) is 5.69 Å². The van der Waals surface area contributed by atoms with E-state index >= 15 is 0 Å². The van der Waals surface area contributed by atoms with Gasteiger partial charge in [0.25, 0.3) is 5.91 Å². The van der Waals surface area contributed by atoms with Gasteiger partial charge in [0.1, 0.15) is 5.75 Å². The molecule has 1 atom stereocenters. The van der Waals surface area contributed by atoms with Gasteiger partial charge in [-0.15, -0.1) is 0 Å². The van der Waals surface area contributed by atoms with Crippen LogP contribution in [0.2, 0.25) is 0 Å². The number of fused-ring (bicyclic) bond motifs is 1. The van der Waals surface area contributed by atoms with Crippen molar-refractivity contribution in [2.75, 3.05) is 26.5 Å². The second-order valence-corrected chi connectivity index (χ2v) is 9.21. The van der Waals surface area contributed by atoms with Gasteiger partial charge in [0.2, 0.25) is 10.0 Å². The average molecular weight is 418 g/mol. The molecule has 1 aliphatic heterocycles. The van der Waals surface area contributed by atoms with Crippen molar-refractivity contribution in [3.63, 3.8) is 0 Å². The standard InChI is InChI=1S/C20H22N2O6S/c1-20(12-13-7-5-6-8-15(13)18(23)28-20)19(24)21-16-11-14(9-10-17(16)27-4)29(25,26)22(2)3/h5-11H,12H2,1-4H3,(H,21,24). The third-order valence-corrected chi connectivity index (χ3v) is 6.57. The zero-order chi connectivity index (χ0) is 21.4. The number of benzene rings is 2. The number of sulfonamides is 1. The molecule has 29 heavy (non-hydrogen) atoms. The Hall–Kier alpha value is -2.91. The molecule has 0 spiro atoms. The van der Waals surface area contributed by atoms with Crippen LogP contribution in [0.1, 0.15) is 22.8 Å². The summed E-state index contributed by atoms with van der Waals surface area (Å²) in [5.74, 6) is -0.888. The summed E-state index contributed by atoms with van der Waals surface area (Å²) in [6.45, 7) is 1.52. The first kappa shape index (κ1) is 20.8. The van der Waals surface area contributed by atoms with E-state index in [1.54, 1.807) is 24.3 Å². The van der Waals surface area contributed by atoms with Gasteiger partial charge in [0.15, 0.2) is 5.60 Å². The molecule has 2 aromatic carbocycles. The summed E-state index contributed by atoms with van der Waals surface area (Å²) in [5.41, 5.74) is -0.157. The van der Waals surface area contributed by atoms with Crippen molar-refractivity contribution in [3.05, 3.63) is 53.6 Å². The number of amides is 1. The van der Waals surface area contributed by atoms with Crippen molar-refractivity contribution in [1.29, 1.82) is 0 Å². The van der Waals surface area contributed by atoms with E-state index in [-0.39, 0.29) is 22.8 Å². The van der Waals surface area contributed by atoms with Gasteiger partial charge >= 0.3 is 5.97 Å². The minimum Gasteiger partial charge on any atom is -0.495 e. The molecule has 1 aliphatic rings. The third-order valence-electron chi connectivity index (χ3n) is 4.76. The van der Waals surface area contributed by atoms with Gasteiger partial charge < -0.3 is 14.8 Å². The van der Waals surface area contributed by atoms with Crippen LogP contribution in [0.5, 0.6) is 5.75 Å². The van der Waals surface area contributed by atoms with E-state index in [0.717, 1.165) is 4.31 Å². The minimum atomic E-state index is -3.71. The van der Waals surface area contributed by atoms with Crippen molar-refractivity contribution in [3.8, 4) is 5.75 Å². The van der Waals surface area contributed by atoms with Crippen molar-refractivity contribution < 1.29 is 27.5 Å². The predicted molar refractivity (Wildman–Crippen MR) is 106 cm³/mol. The molecule has 154 valence electrons. The van der Waals surface area contributed by atoms with Gasteiger partial charge in [-0.2, -0.15) is 0 Å². The molecular weight excluding hydrogens is 396 g/mol. The highest BCUT2D eigenvalue weighted by atomic mass is 32.2. The monoisotopic (exact) mass is 418 g/mol. The maximum absolute atomic E-state index is 13.0. The SMILES string of the molecule is COc1ccc(S(=O)(=O)N(C)C)cc1NC(=O)C1(C)Cc2ccccc2C(=O)O1. The molecular formula is C20H22N2O6S. The summed E-state index contributed by atoms with van der Waals surface area (Å²) in [4.78, 5) is 25.3. The summed E-state index contributed by atoms with van der Waals surface area (Å²) < 4.78 is 36.6. The van der Waals surface area contributed by atoms with Crippen LogP contribution < -0.4 is 10.1 Å². The Balaban J connectivity index is 1.94. The molecule has 3 rings (SSSR count). The second-order valence-electron chi connectivity index (χ2n) is 7.06. The van der Waals surface area contributed by atoms with Crippen LogP contribution in [0.25, 0.3) is 0 Å². The second kappa shape index (κ2) is 7.49. The van der Waals surface area contributed by atoms with E-state index in [2.05, 4.69) is 5.32 Å². The Bertz CT molecular complexity index is 1080. The number of esters is 1. The van der Waals surface area contributed by atoms with Crippen LogP contribution in [-0.2, 0) is 26.0 Å². The minimum absolute atomic E-state index is 0.00487. The number of methoxy groups -OCH3 is 1. The molecule has 0 aromatic heterocycles. The van der Waals surface area contributed by atoms with Gasteiger partial charge in [-0.3, -0.25) is 4.79 Å². The molecule has 0 fully saturated rings. The van der Waals surface area contributed by atoms with E-state index in [0.29, 0.717) is 11.1 Å². The Morgan fingerprint density at radius 1 is 1.21 bits per heavy atom. The van der Waals surface area contributed by atoms with E-state index in [1.165, 1.54) is 46.3 Å². The molecule has 2 aromatic rings. The molecule has 1 N–H and O–H groups in total.